The molecule has 3 rings (SSSR count). The van der Waals surface area contributed by atoms with Crippen molar-refractivity contribution in [2.75, 3.05) is 5.84 Å². The number of hydrogen-bond acceptors (Lipinski definition) is 7. The summed E-state index contributed by atoms with van der Waals surface area (Å²) in [6.07, 6.45) is 0. The average molecular weight is 362 g/mol. The molecule has 0 bridgehead atoms. The molecule has 1 aromatic carbocycles. The molecule has 2 heterocycles. The monoisotopic (exact) mass is 362 g/mol. The third-order valence-electron chi connectivity index (χ3n) is 3.52. The Labute approximate surface area is 148 Å². The molecule has 132 valence electrons. The van der Waals surface area contributed by atoms with Gasteiger partial charge in [0.05, 0.1) is 10.8 Å². The summed E-state index contributed by atoms with van der Waals surface area (Å²) in [4.78, 5) is 4.43. The highest BCUT2D eigenvalue weighted by Gasteiger charge is 2.25. The Morgan fingerprint density at radius 3 is 2.60 bits per heavy atom. The van der Waals surface area contributed by atoms with Gasteiger partial charge in [-0.25, -0.2) is 9.07 Å². The van der Waals surface area contributed by atoms with Crippen molar-refractivity contribution < 1.29 is 8.91 Å². The average Bonchev–Trinajstić information content (AvgIpc) is 3.16. The van der Waals surface area contributed by atoms with Crippen LogP contribution in [0, 0.1) is 5.82 Å². The van der Waals surface area contributed by atoms with Gasteiger partial charge in [-0.2, -0.15) is 4.98 Å². The van der Waals surface area contributed by atoms with Crippen LogP contribution in [0.3, 0.4) is 0 Å². The molecule has 0 saturated heterocycles. The van der Waals surface area contributed by atoms with Crippen molar-refractivity contribution in [2.45, 2.75) is 43.5 Å². The van der Waals surface area contributed by atoms with E-state index >= 15 is 0 Å². The Bertz CT molecular complexity index is 885. The molecule has 7 nitrogen and oxygen atoms in total. The first-order chi connectivity index (χ1) is 11.8. The number of rotatable bonds is 4. The summed E-state index contributed by atoms with van der Waals surface area (Å²) >= 11 is 1.31. The van der Waals surface area contributed by atoms with Crippen molar-refractivity contribution in [1.82, 2.24) is 25.0 Å². The Balaban J connectivity index is 1.82. The number of aromatic nitrogens is 5. The number of nitrogens with two attached hydrogens (primary N) is 1. The van der Waals surface area contributed by atoms with E-state index in [1.54, 1.807) is 18.2 Å². The van der Waals surface area contributed by atoms with E-state index in [2.05, 4.69) is 20.3 Å². The summed E-state index contributed by atoms with van der Waals surface area (Å²) in [5.74, 6) is 7.01. The normalized spacial score (nSPS) is 13.2. The maximum atomic E-state index is 13.9. The molecule has 0 saturated carbocycles. The summed E-state index contributed by atoms with van der Waals surface area (Å²) in [5, 5.41) is 12.3. The lowest BCUT2D eigenvalue weighted by Crippen LogP contribution is -2.13. The van der Waals surface area contributed by atoms with Crippen molar-refractivity contribution in [3.8, 4) is 11.4 Å². The molecule has 1 atom stereocenters. The second-order valence-corrected chi connectivity index (χ2v) is 7.93. The standard InChI is InChI=1S/C16H19FN6OS/c1-9(13-19-14(22-24-13)16(2,3)4)25-15-21-20-12(23(15)18)10-7-5-6-8-11(10)17/h5-9H,18H2,1-4H3. The Hall–Kier alpha value is -2.42. The van der Waals surface area contributed by atoms with E-state index in [1.807, 2.05) is 27.7 Å². The fraction of sp³-hybridized carbons (Fsp3) is 0.375. The zero-order valence-electron chi connectivity index (χ0n) is 14.4. The van der Waals surface area contributed by atoms with Crippen LogP contribution in [0.15, 0.2) is 33.9 Å². The summed E-state index contributed by atoms with van der Waals surface area (Å²) < 4.78 is 20.5. The third kappa shape index (κ3) is 3.51. The first kappa shape index (κ1) is 17.4. The van der Waals surface area contributed by atoms with Crippen LogP contribution in [0.5, 0.6) is 0 Å². The third-order valence-corrected chi connectivity index (χ3v) is 4.57. The number of thioether (sulfide) groups is 1. The number of benzene rings is 1. The highest BCUT2D eigenvalue weighted by atomic mass is 32.2. The molecular weight excluding hydrogens is 343 g/mol. The van der Waals surface area contributed by atoms with Crippen LogP contribution < -0.4 is 5.84 Å². The Morgan fingerprint density at radius 1 is 1.24 bits per heavy atom. The second-order valence-electron chi connectivity index (χ2n) is 6.62. The minimum Gasteiger partial charge on any atom is -0.338 e. The van der Waals surface area contributed by atoms with Gasteiger partial charge in [0.1, 0.15) is 5.82 Å². The summed E-state index contributed by atoms with van der Waals surface area (Å²) in [6.45, 7) is 7.94. The fourth-order valence-electron chi connectivity index (χ4n) is 2.10. The molecule has 25 heavy (non-hydrogen) atoms. The SMILES string of the molecule is CC(Sc1nnc(-c2ccccc2F)n1N)c1nc(C(C)(C)C)no1. The van der Waals surface area contributed by atoms with E-state index < -0.39 is 5.82 Å². The molecule has 2 N–H and O–H groups in total. The van der Waals surface area contributed by atoms with Gasteiger partial charge in [0.15, 0.2) is 11.6 Å². The van der Waals surface area contributed by atoms with Crippen LogP contribution >= 0.6 is 11.8 Å². The predicted molar refractivity (Wildman–Crippen MR) is 92.8 cm³/mol. The zero-order valence-corrected chi connectivity index (χ0v) is 15.2. The van der Waals surface area contributed by atoms with Crippen LogP contribution in [-0.4, -0.2) is 25.0 Å². The largest absolute Gasteiger partial charge is 0.338 e. The van der Waals surface area contributed by atoms with E-state index in [9.17, 15) is 4.39 Å². The van der Waals surface area contributed by atoms with Crippen molar-refractivity contribution in [3.63, 3.8) is 0 Å². The van der Waals surface area contributed by atoms with Gasteiger partial charge in [-0.05, 0) is 19.1 Å². The van der Waals surface area contributed by atoms with Gasteiger partial charge in [-0.15, -0.1) is 10.2 Å². The molecule has 0 aliphatic carbocycles. The molecule has 0 aliphatic rings. The smallest absolute Gasteiger partial charge is 0.239 e. The van der Waals surface area contributed by atoms with Gasteiger partial charge < -0.3 is 10.4 Å². The van der Waals surface area contributed by atoms with Crippen LogP contribution in [0.1, 0.15) is 44.7 Å². The molecule has 0 radical (unpaired) electrons. The number of nitrogens with zero attached hydrogens (tertiary/aromatic N) is 5. The molecule has 9 heteroatoms. The van der Waals surface area contributed by atoms with Crippen LogP contribution in [-0.2, 0) is 5.41 Å². The quantitative estimate of drug-likeness (QED) is 0.562. The van der Waals surface area contributed by atoms with Gasteiger partial charge in [-0.1, -0.05) is 49.8 Å². The molecular formula is C16H19FN6OS. The van der Waals surface area contributed by atoms with Gasteiger partial charge >= 0.3 is 0 Å². The van der Waals surface area contributed by atoms with Crippen molar-refractivity contribution in [1.29, 1.82) is 0 Å². The Morgan fingerprint density at radius 2 is 1.96 bits per heavy atom. The minimum atomic E-state index is -0.405. The topological polar surface area (TPSA) is 95.7 Å². The number of hydrogen-bond donors (Lipinski definition) is 1. The zero-order chi connectivity index (χ0) is 18.2. The van der Waals surface area contributed by atoms with E-state index in [0.29, 0.717) is 22.4 Å². The highest BCUT2D eigenvalue weighted by molar-refractivity contribution is 7.99. The molecule has 0 spiro atoms. The molecule has 0 amide bonds. The van der Waals surface area contributed by atoms with Crippen LogP contribution in [0.25, 0.3) is 11.4 Å². The molecule has 1 unspecified atom stereocenters. The van der Waals surface area contributed by atoms with Crippen molar-refractivity contribution in [3.05, 3.63) is 41.8 Å². The van der Waals surface area contributed by atoms with Crippen molar-refractivity contribution >= 4 is 11.8 Å². The highest BCUT2D eigenvalue weighted by Crippen LogP contribution is 2.34. The minimum absolute atomic E-state index is 0.177. The van der Waals surface area contributed by atoms with E-state index in [1.165, 1.54) is 22.5 Å². The molecule has 3 aromatic rings. The van der Waals surface area contributed by atoms with Gasteiger partial charge in [0, 0.05) is 5.41 Å². The molecule has 0 fully saturated rings. The van der Waals surface area contributed by atoms with Crippen LogP contribution in [0.4, 0.5) is 4.39 Å². The lowest BCUT2D eigenvalue weighted by molar-refractivity contribution is 0.364. The van der Waals surface area contributed by atoms with E-state index in [4.69, 9.17) is 10.4 Å². The lowest BCUT2D eigenvalue weighted by atomic mass is 9.96. The first-order valence-corrected chi connectivity index (χ1v) is 8.61. The lowest BCUT2D eigenvalue weighted by Gasteiger charge is -2.11. The van der Waals surface area contributed by atoms with E-state index in [-0.39, 0.29) is 16.5 Å². The number of halogens is 1. The summed E-state index contributed by atoms with van der Waals surface area (Å²) in [7, 11) is 0. The van der Waals surface area contributed by atoms with Crippen LogP contribution in [0.2, 0.25) is 0 Å². The van der Waals surface area contributed by atoms with Gasteiger partial charge in [0.25, 0.3) is 0 Å². The maximum absolute atomic E-state index is 13.9. The van der Waals surface area contributed by atoms with E-state index in [0.717, 1.165) is 0 Å². The van der Waals surface area contributed by atoms with Crippen molar-refractivity contribution in [2.24, 2.45) is 0 Å². The second kappa shape index (κ2) is 6.47. The predicted octanol–water partition coefficient (Wildman–Crippen LogP) is 3.33. The fourth-order valence-corrected chi connectivity index (χ4v) is 2.90. The number of nitrogen functional groups attached to an aromatic ring is 1. The molecule has 2 aromatic heterocycles. The van der Waals surface area contributed by atoms with Gasteiger partial charge in [0.2, 0.25) is 11.0 Å². The Kier molecular flexibility index (Phi) is 4.51. The summed E-state index contributed by atoms with van der Waals surface area (Å²) in [6, 6.07) is 6.28. The molecule has 0 aliphatic heterocycles. The summed E-state index contributed by atoms with van der Waals surface area (Å²) in [5.41, 5.74) is 0.0997. The first-order valence-electron chi connectivity index (χ1n) is 7.73. The van der Waals surface area contributed by atoms with Gasteiger partial charge in [-0.3, -0.25) is 0 Å². The maximum Gasteiger partial charge on any atom is 0.239 e.